The van der Waals surface area contributed by atoms with Gasteiger partial charge in [-0.15, -0.1) is 0 Å². The molecule has 1 unspecified atom stereocenters. The van der Waals surface area contributed by atoms with Crippen LogP contribution in [-0.2, 0) is 0 Å². The van der Waals surface area contributed by atoms with E-state index in [-0.39, 0.29) is 0 Å². The third kappa shape index (κ3) is 4.23. The molecule has 2 heteroatoms. The molecule has 2 aromatic carbocycles. The molecule has 1 aliphatic rings. The maximum atomic E-state index is 4.80. The summed E-state index contributed by atoms with van der Waals surface area (Å²) in [7, 11) is 0. The Hall–Kier alpha value is -3.13. The molecule has 0 saturated heterocycles. The van der Waals surface area contributed by atoms with Crippen molar-refractivity contribution in [2.24, 2.45) is 0 Å². The lowest BCUT2D eigenvalue weighted by molar-refractivity contribution is 0.701. The standard InChI is InChI=1S/C28H30N2/c1-5-6-9-22-15-16-24(18-25(22)23-13-11-19(2)12-14-23)28-26(17-21(4)30-28)27-10-7-8-20(3)29-27/h6-16,18,21,30H,5,17H2,1-4H3. The van der Waals surface area contributed by atoms with Crippen molar-refractivity contribution in [3.63, 3.8) is 0 Å². The van der Waals surface area contributed by atoms with Crippen LogP contribution >= 0.6 is 0 Å². The Morgan fingerprint density at radius 1 is 1.00 bits per heavy atom. The molecule has 1 aromatic heterocycles. The average molecular weight is 395 g/mol. The number of nitrogens with zero attached hydrogens (tertiary/aromatic N) is 1. The molecule has 4 rings (SSSR count). The van der Waals surface area contributed by atoms with Crippen LogP contribution in [0.15, 0.2) is 66.7 Å². The van der Waals surface area contributed by atoms with E-state index in [2.05, 4.69) is 106 Å². The Bertz CT molecular complexity index is 1100. The highest BCUT2D eigenvalue weighted by atomic mass is 15.0. The quantitative estimate of drug-likeness (QED) is 0.502. The largest absolute Gasteiger partial charge is 0.381 e. The molecule has 2 nitrogen and oxygen atoms in total. The summed E-state index contributed by atoms with van der Waals surface area (Å²) in [6.07, 6.45) is 6.48. The summed E-state index contributed by atoms with van der Waals surface area (Å²) in [5.41, 5.74) is 10.9. The van der Waals surface area contributed by atoms with Gasteiger partial charge in [0.2, 0.25) is 0 Å². The molecule has 1 N–H and O–H groups in total. The topological polar surface area (TPSA) is 24.9 Å². The van der Waals surface area contributed by atoms with Crippen LogP contribution in [0.25, 0.3) is 28.5 Å². The molecular weight excluding hydrogens is 364 g/mol. The van der Waals surface area contributed by atoms with Crippen molar-refractivity contribution in [2.45, 2.75) is 46.6 Å². The first-order valence-electron chi connectivity index (χ1n) is 10.9. The second-order valence-electron chi connectivity index (χ2n) is 8.25. The molecule has 30 heavy (non-hydrogen) atoms. The number of hydrogen-bond acceptors (Lipinski definition) is 2. The van der Waals surface area contributed by atoms with Crippen molar-refractivity contribution < 1.29 is 0 Å². The Balaban J connectivity index is 1.85. The number of pyridine rings is 1. The van der Waals surface area contributed by atoms with Gasteiger partial charge in [-0.05, 0) is 74.1 Å². The van der Waals surface area contributed by atoms with Gasteiger partial charge < -0.3 is 5.32 Å². The molecule has 2 heterocycles. The van der Waals surface area contributed by atoms with Crippen molar-refractivity contribution >= 4 is 17.3 Å². The molecule has 152 valence electrons. The first-order chi connectivity index (χ1) is 14.5. The summed E-state index contributed by atoms with van der Waals surface area (Å²) in [5.74, 6) is 0. The van der Waals surface area contributed by atoms with Gasteiger partial charge in [0.25, 0.3) is 0 Å². The van der Waals surface area contributed by atoms with Crippen LogP contribution in [-0.4, -0.2) is 11.0 Å². The maximum absolute atomic E-state index is 4.80. The summed E-state index contributed by atoms with van der Waals surface area (Å²) in [6.45, 7) is 8.60. The van der Waals surface area contributed by atoms with Crippen LogP contribution in [0, 0.1) is 13.8 Å². The average Bonchev–Trinajstić information content (AvgIpc) is 3.14. The first-order valence-corrected chi connectivity index (χ1v) is 10.9. The number of hydrogen-bond donors (Lipinski definition) is 1. The van der Waals surface area contributed by atoms with Gasteiger partial charge in [-0.25, -0.2) is 0 Å². The van der Waals surface area contributed by atoms with E-state index in [1.807, 2.05) is 0 Å². The summed E-state index contributed by atoms with van der Waals surface area (Å²) in [6, 6.07) is 22.3. The van der Waals surface area contributed by atoms with Crippen molar-refractivity contribution in [2.75, 3.05) is 0 Å². The zero-order chi connectivity index (χ0) is 21.1. The van der Waals surface area contributed by atoms with Gasteiger partial charge in [-0.1, -0.05) is 67.1 Å². The molecule has 0 aliphatic carbocycles. The molecule has 0 spiro atoms. The monoisotopic (exact) mass is 394 g/mol. The van der Waals surface area contributed by atoms with Crippen molar-refractivity contribution in [3.8, 4) is 11.1 Å². The summed E-state index contributed by atoms with van der Waals surface area (Å²) < 4.78 is 0. The number of nitrogens with one attached hydrogen (secondary N) is 1. The van der Waals surface area contributed by atoms with Crippen molar-refractivity contribution in [1.82, 2.24) is 10.3 Å². The van der Waals surface area contributed by atoms with E-state index in [1.54, 1.807) is 0 Å². The van der Waals surface area contributed by atoms with Gasteiger partial charge in [-0.3, -0.25) is 4.98 Å². The zero-order valence-electron chi connectivity index (χ0n) is 18.4. The molecule has 0 radical (unpaired) electrons. The highest BCUT2D eigenvalue weighted by Gasteiger charge is 2.24. The summed E-state index contributed by atoms with van der Waals surface area (Å²) in [4.78, 5) is 4.80. The fourth-order valence-corrected chi connectivity index (χ4v) is 4.08. The second kappa shape index (κ2) is 8.71. The van der Waals surface area contributed by atoms with E-state index in [9.17, 15) is 0 Å². The van der Waals surface area contributed by atoms with Crippen LogP contribution in [0.1, 0.15) is 54.8 Å². The molecule has 1 aliphatic heterocycles. The minimum Gasteiger partial charge on any atom is -0.381 e. The smallest absolute Gasteiger partial charge is 0.0686 e. The van der Waals surface area contributed by atoms with E-state index >= 15 is 0 Å². The van der Waals surface area contributed by atoms with E-state index in [0.29, 0.717) is 6.04 Å². The fourth-order valence-electron chi connectivity index (χ4n) is 4.08. The molecule has 0 bridgehead atoms. The third-order valence-corrected chi connectivity index (χ3v) is 5.64. The zero-order valence-corrected chi connectivity index (χ0v) is 18.4. The third-order valence-electron chi connectivity index (χ3n) is 5.64. The van der Waals surface area contributed by atoms with E-state index in [4.69, 9.17) is 4.98 Å². The van der Waals surface area contributed by atoms with Crippen LogP contribution in [0.3, 0.4) is 0 Å². The highest BCUT2D eigenvalue weighted by Crippen LogP contribution is 2.36. The Morgan fingerprint density at radius 3 is 2.50 bits per heavy atom. The van der Waals surface area contributed by atoms with Crippen molar-refractivity contribution in [1.29, 1.82) is 0 Å². The van der Waals surface area contributed by atoms with Gasteiger partial charge in [0.1, 0.15) is 0 Å². The summed E-state index contributed by atoms with van der Waals surface area (Å²) in [5, 5.41) is 3.71. The summed E-state index contributed by atoms with van der Waals surface area (Å²) >= 11 is 0. The van der Waals surface area contributed by atoms with Gasteiger partial charge >= 0.3 is 0 Å². The number of aryl methyl sites for hydroxylation is 2. The minimum atomic E-state index is 0.403. The van der Waals surface area contributed by atoms with E-state index < -0.39 is 0 Å². The number of aromatic nitrogens is 1. The molecule has 0 amide bonds. The van der Waals surface area contributed by atoms with E-state index in [1.165, 1.54) is 39.1 Å². The van der Waals surface area contributed by atoms with Crippen LogP contribution in [0.4, 0.5) is 0 Å². The predicted molar refractivity (Wildman–Crippen MR) is 129 cm³/mol. The molecular formula is C28H30N2. The van der Waals surface area contributed by atoms with Gasteiger partial charge in [0.05, 0.1) is 5.69 Å². The van der Waals surface area contributed by atoms with Gasteiger partial charge in [0, 0.05) is 23.0 Å². The Kier molecular flexibility index (Phi) is 5.85. The normalized spacial score (nSPS) is 16.3. The fraction of sp³-hybridized carbons (Fsp3) is 0.250. The first kappa shape index (κ1) is 20.2. The number of allylic oxidation sites excluding steroid dienone is 1. The van der Waals surface area contributed by atoms with Crippen LogP contribution in [0.5, 0.6) is 0 Å². The maximum Gasteiger partial charge on any atom is 0.0686 e. The lowest BCUT2D eigenvalue weighted by Crippen LogP contribution is -2.17. The van der Waals surface area contributed by atoms with Gasteiger partial charge in [0.15, 0.2) is 0 Å². The van der Waals surface area contributed by atoms with E-state index in [0.717, 1.165) is 24.2 Å². The Labute approximate surface area is 180 Å². The predicted octanol–water partition coefficient (Wildman–Crippen LogP) is 7.04. The van der Waals surface area contributed by atoms with Crippen molar-refractivity contribution in [3.05, 3.63) is 94.8 Å². The van der Waals surface area contributed by atoms with Crippen LogP contribution in [0.2, 0.25) is 0 Å². The minimum absolute atomic E-state index is 0.403. The lowest BCUT2D eigenvalue weighted by atomic mass is 9.94. The molecule has 1 atom stereocenters. The second-order valence-corrected chi connectivity index (χ2v) is 8.25. The van der Waals surface area contributed by atoms with Crippen LogP contribution < -0.4 is 5.32 Å². The number of rotatable bonds is 5. The SMILES string of the molecule is CCC=Cc1ccc(C2=C(c3cccc(C)n3)CC(C)N2)cc1-c1ccc(C)cc1. The molecule has 3 aromatic rings. The number of benzene rings is 2. The molecule has 0 saturated carbocycles. The molecule has 0 fully saturated rings. The highest BCUT2D eigenvalue weighted by molar-refractivity contribution is 5.93. The van der Waals surface area contributed by atoms with Gasteiger partial charge in [-0.2, -0.15) is 0 Å². The Morgan fingerprint density at radius 2 is 1.77 bits per heavy atom. The lowest BCUT2D eigenvalue weighted by Gasteiger charge is -2.14.